The summed E-state index contributed by atoms with van der Waals surface area (Å²) in [7, 11) is -3.70. The van der Waals surface area contributed by atoms with Crippen molar-refractivity contribution < 1.29 is 18.4 Å². The molecule has 1 aromatic heterocycles. The number of hydroxylamine groups is 1. The Balaban J connectivity index is 2.28. The fourth-order valence-electron chi connectivity index (χ4n) is 1.77. The molecule has 1 aromatic carbocycles. The molecule has 0 bridgehead atoms. The molecule has 8 heteroatoms. The molecule has 0 unspecified atom stereocenters. The molecule has 1 amide bonds. The topological polar surface area (TPSA) is 114 Å². The Labute approximate surface area is 127 Å². The van der Waals surface area contributed by atoms with Gasteiger partial charge in [0.25, 0.3) is 15.9 Å². The van der Waals surface area contributed by atoms with Crippen LogP contribution in [0.15, 0.2) is 53.7 Å². The van der Waals surface area contributed by atoms with Gasteiger partial charge in [-0.25, -0.2) is 17.9 Å². The Bertz CT molecular complexity index is 792. The molecule has 0 aliphatic rings. The largest absolute Gasteiger partial charge is 0.326 e. The van der Waals surface area contributed by atoms with Gasteiger partial charge >= 0.3 is 0 Å². The summed E-state index contributed by atoms with van der Waals surface area (Å²) < 4.78 is 25.9. The summed E-state index contributed by atoms with van der Waals surface area (Å²) in [6.45, 7) is 0.339. The van der Waals surface area contributed by atoms with Crippen LogP contribution in [-0.4, -0.2) is 23.5 Å². The van der Waals surface area contributed by atoms with E-state index in [0.717, 1.165) is 15.6 Å². The van der Waals surface area contributed by atoms with Crippen molar-refractivity contribution in [3.8, 4) is 0 Å². The van der Waals surface area contributed by atoms with Crippen molar-refractivity contribution in [2.45, 2.75) is 11.4 Å². The highest BCUT2D eigenvalue weighted by Crippen LogP contribution is 2.16. The number of benzene rings is 1. The summed E-state index contributed by atoms with van der Waals surface area (Å²) >= 11 is 0. The van der Waals surface area contributed by atoms with Gasteiger partial charge in [0.2, 0.25) is 0 Å². The van der Waals surface area contributed by atoms with E-state index >= 15 is 0 Å². The predicted molar refractivity (Wildman–Crippen MR) is 80.3 cm³/mol. The fourth-order valence-corrected chi connectivity index (χ4v) is 2.97. The van der Waals surface area contributed by atoms with Gasteiger partial charge in [0.1, 0.15) is 0 Å². The van der Waals surface area contributed by atoms with Crippen LogP contribution in [0.1, 0.15) is 11.1 Å². The average molecular weight is 321 g/mol. The lowest BCUT2D eigenvalue weighted by atomic mass is 10.2. The van der Waals surface area contributed by atoms with Crippen molar-refractivity contribution in [3.05, 3.63) is 59.9 Å². The van der Waals surface area contributed by atoms with Crippen LogP contribution in [0.3, 0.4) is 0 Å². The zero-order valence-electron chi connectivity index (χ0n) is 11.5. The van der Waals surface area contributed by atoms with Crippen molar-refractivity contribution >= 4 is 22.0 Å². The standard InChI is InChI=1S/C14H15N3O4S/c15-9-11-1-4-13(5-2-11)22(20,21)17-8-7-12(10-17)3-6-14(18)16-19/h1-8,10,19H,9,15H2,(H,16,18)/b6-3+. The van der Waals surface area contributed by atoms with Gasteiger partial charge in [0.05, 0.1) is 4.90 Å². The molecule has 4 N–H and O–H groups in total. The Morgan fingerprint density at radius 3 is 2.55 bits per heavy atom. The normalized spacial score (nSPS) is 11.7. The molecule has 1 heterocycles. The van der Waals surface area contributed by atoms with Crippen molar-refractivity contribution in [2.24, 2.45) is 5.73 Å². The lowest BCUT2D eigenvalue weighted by Gasteiger charge is -2.06. The van der Waals surface area contributed by atoms with Crippen LogP contribution in [0, 0.1) is 0 Å². The molecule has 2 aromatic rings. The van der Waals surface area contributed by atoms with Gasteiger partial charge in [-0.1, -0.05) is 12.1 Å². The summed E-state index contributed by atoms with van der Waals surface area (Å²) in [5, 5.41) is 8.38. The summed E-state index contributed by atoms with van der Waals surface area (Å²) in [5.74, 6) is -0.701. The third kappa shape index (κ3) is 3.42. The summed E-state index contributed by atoms with van der Waals surface area (Å²) in [5.41, 5.74) is 8.27. The zero-order chi connectivity index (χ0) is 16.2. The van der Waals surface area contributed by atoms with Gasteiger partial charge in [-0.2, -0.15) is 0 Å². The number of rotatable bonds is 5. The first-order valence-corrected chi connectivity index (χ1v) is 7.76. The number of aromatic nitrogens is 1. The molecule has 0 saturated carbocycles. The van der Waals surface area contributed by atoms with Crippen molar-refractivity contribution in [1.29, 1.82) is 0 Å². The van der Waals surface area contributed by atoms with Gasteiger partial charge in [-0.15, -0.1) is 0 Å². The lowest BCUT2D eigenvalue weighted by Crippen LogP contribution is -2.14. The maximum Gasteiger partial charge on any atom is 0.267 e. The van der Waals surface area contributed by atoms with Gasteiger partial charge in [-0.05, 0) is 35.4 Å². The number of carbonyl (C=O) groups is 1. The van der Waals surface area contributed by atoms with Crippen LogP contribution in [0.25, 0.3) is 6.08 Å². The van der Waals surface area contributed by atoms with E-state index in [9.17, 15) is 13.2 Å². The molecular formula is C14H15N3O4S. The van der Waals surface area contributed by atoms with Gasteiger partial charge < -0.3 is 5.73 Å². The van der Waals surface area contributed by atoms with E-state index in [2.05, 4.69) is 0 Å². The molecule has 0 fully saturated rings. The van der Waals surface area contributed by atoms with Crippen LogP contribution in [0.2, 0.25) is 0 Å². The van der Waals surface area contributed by atoms with Gasteiger partial charge in [0.15, 0.2) is 0 Å². The van der Waals surface area contributed by atoms with Crippen LogP contribution in [0.4, 0.5) is 0 Å². The Kier molecular flexibility index (Phi) is 4.76. The second-order valence-corrected chi connectivity index (χ2v) is 6.28. The fraction of sp³-hybridized carbons (Fsp3) is 0.0714. The number of hydrogen-bond donors (Lipinski definition) is 3. The van der Waals surface area contributed by atoms with Gasteiger partial charge in [-0.3, -0.25) is 10.0 Å². The zero-order valence-corrected chi connectivity index (χ0v) is 12.3. The minimum absolute atomic E-state index is 0.143. The molecule has 0 atom stereocenters. The van der Waals surface area contributed by atoms with Crippen molar-refractivity contribution in [1.82, 2.24) is 9.45 Å². The first-order chi connectivity index (χ1) is 10.5. The number of nitrogens with zero attached hydrogens (tertiary/aromatic N) is 1. The SMILES string of the molecule is NCc1ccc(S(=O)(=O)n2ccc(/C=C/C(=O)NO)c2)cc1. The summed E-state index contributed by atoms with van der Waals surface area (Å²) in [4.78, 5) is 11.0. The van der Waals surface area contributed by atoms with Crippen LogP contribution in [-0.2, 0) is 21.4 Å². The molecule has 116 valence electrons. The molecule has 7 nitrogen and oxygen atoms in total. The maximum absolute atomic E-state index is 12.4. The average Bonchev–Trinajstić information content (AvgIpc) is 3.02. The highest BCUT2D eigenvalue weighted by Gasteiger charge is 2.16. The van der Waals surface area contributed by atoms with E-state index in [1.807, 2.05) is 0 Å². The summed E-state index contributed by atoms with van der Waals surface area (Å²) in [6.07, 6.45) is 5.22. The van der Waals surface area contributed by atoms with Crippen molar-refractivity contribution in [3.63, 3.8) is 0 Å². The minimum atomic E-state index is -3.70. The monoisotopic (exact) mass is 321 g/mol. The number of nitrogens with one attached hydrogen (secondary N) is 1. The molecule has 0 radical (unpaired) electrons. The Hall–Kier alpha value is -2.42. The first-order valence-electron chi connectivity index (χ1n) is 6.32. The van der Waals surface area contributed by atoms with Crippen LogP contribution in [0.5, 0.6) is 0 Å². The number of carbonyl (C=O) groups excluding carboxylic acids is 1. The second kappa shape index (κ2) is 6.56. The third-order valence-electron chi connectivity index (χ3n) is 2.96. The molecule has 0 saturated heterocycles. The van der Waals surface area contributed by atoms with Crippen LogP contribution >= 0.6 is 0 Å². The molecular weight excluding hydrogens is 306 g/mol. The second-order valence-electron chi connectivity index (χ2n) is 4.44. The predicted octanol–water partition coefficient (Wildman–Crippen LogP) is 0.702. The van der Waals surface area contributed by atoms with E-state index in [0.29, 0.717) is 12.1 Å². The number of amides is 1. The van der Waals surface area contributed by atoms with E-state index in [1.54, 1.807) is 12.1 Å². The van der Waals surface area contributed by atoms with Gasteiger partial charge in [0, 0.05) is 25.0 Å². The third-order valence-corrected chi connectivity index (χ3v) is 4.61. The number of hydrogen-bond acceptors (Lipinski definition) is 5. The molecule has 0 aliphatic carbocycles. The highest BCUT2D eigenvalue weighted by molar-refractivity contribution is 7.90. The maximum atomic E-state index is 12.4. The molecule has 22 heavy (non-hydrogen) atoms. The van der Waals surface area contributed by atoms with Crippen molar-refractivity contribution in [2.75, 3.05) is 0 Å². The Morgan fingerprint density at radius 2 is 1.95 bits per heavy atom. The summed E-state index contributed by atoms with van der Waals surface area (Å²) in [6, 6.07) is 7.83. The Morgan fingerprint density at radius 1 is 1.27 bits per heavy atom. The first kappa shape index (κ1) is 16.0. The van der Waals surface area contributed by atoms with E-state index in [-0.39, 0.29) is 4.90 Å². The molecule has 0 spiro atoms. The molecule has 0 aliphatic heterocycles. The quantitative estimate of drug-likeness (QED) is 0.426. The van der Waals surface area contributed by atoms with E-state index < -0.39 is 15.9 Å². The smallest absolute Gasteiger partial charge is 0.267 e. The van der Waals surface area contributed by atoms with Crippen LogP contribution < -0.4 is 11.2 Å². The van der Waals surface area contributed by atoms with E-state index in [4.69, 9.17) is 10.9 Å². The highest BCUT2D eigenvalue weighted by atomic mass is 32.2. The minimum Gasteiger partial charge on any atom is -0.326 e. The van der Waals surface area contributed by atoms with E-state index in [1.165, 1.54) is 42.1 Å². The number of nitrogens with two attached hydrogens (primary N) is 1. The molecule has 2 rings (SSSR count). The lowest BCUT2D eigenvalue weighted by molar-refractivity contribution is -0.124.